The van der Waals surface area contributed by atoms with E-state index in [9.17, 15) is 4.79 Å². The normalized spacial score (nSPS) is 10.9. The van der Waals surface area contributed by atoms with Crippen LogP contribution in [0, 0.1) is 0 Å². The van der Waals surface area contributed by atoms with E-state index in [4.69, 9.17) is 4.74 Å². The molecule has 15 heavy (non-hydrogen) atoms. The lowest BCUT2D eigenvalue weighted by atomic mass is 10.2. The van der Waals surface area contributed by atoms with E-state index in [-0.39, 0.29) is 0 Å². The fourth-order valence-corrected chi connectivity index (χ4v) is 1.11. The molecule has 0 aromatic carbocycles. The number of halogens is 1. The van der Waals surface area contributed by atoms with Crippen LogP contribution in [-0.4, -0.2) is 21.7 Å². The molecule has 0 saturated carbocycles. The van der Waals surface area contributed by atoms with Crippen LogP contribution in [0.1, 0.15) is 20.8 Å². The summed E-state index contributed by atoms with van der Waals surface area (Å²) in [4.78, 5) is 19.0. The largest absolute Gasteiger partial charge is 0.444 e. The van der Waals surface area contributed by atoms with Crippen molar-refractivity contribution < 1.29 is 9.53 Å². The number of hydrogen-bond donors (Lipinski definition) is 1. The number of hydrogen-bond acceptors (Lipinski definition) is 4. The zero-order chi connectivity index (χ0) is 11.5. The molecular weight excluding hydrogens is 262 g/mol. The predicted octanol–water partition coefficient (Wildman–Crippen LogP) is 2.59. The molecule has 0 bridgehead atoms. The van der Waals surface area contributed by atoms with Crippen LogP contribution in [0.25, 0.3) is 0 Å². The standard InChI is InChI=1S/C9H12BrN3O2/c1-9(2,3)15-8(14)13-6-4-11-5-12-7(6)10/h4-5H,1-3H3,(H,13,14). The van der Waals surface area contributed by atoms with E-state index >= 15 is 0 Å². The quantitative estimate of drug-likeness (QED) is 0.799. The Balaban J connectivity index is 2.64. The van der Waals surface area contributed by atoms with E-state index in [2.05, 4.69) is 31.2 Å². The van der Waals surface area contributed by atoms with E-state index in [1.807, 2.05) is 0 Å². The van der Waals surface area contributed by atoms with Crippen molar-refractivity contribution in [2.24, 2.45) is 0 Å². The predicted molar refractivity (Wildman–Crippen MR) is 59.6 cm³/mol. The lowest BCUT2D eigenvalue weighted by Crippen LogP contribution is -2.27. The third kappa shape index (κ3) is 4.24. The van der Waals surface area contributed by atoms with Gasteiger partial charge in [-0.05, 0) is 36.7 Å². The van der Waals surface area contributed by atoms with Crippen LogP contribution >= 0.6 is 15.9 Å². The molecule has 0 radical (unpaired) electrons. The average Bonchev–Trinajstić information content (AvgIpc) is 2.05. The molecule has 0 aliphatic carbocycles. The smallest absolute Gasteiger partial charge is 0.412 e. The van der Waals surface area contributed by atoms with E-state index in [1.54, 1.807) is 20.8 Å². The van der Waals surface area contributed by atoms with Gasteiger partial charge in [-0.2, -0.15) is 0 Å². The summed E-state index contributed by atoms with van der Waals surface area (Å²) in [6.07, 6.45) is 2.34. The molecule has 0 aliphatic heterocycles. The molecule has 1 heterocycles. The monoisotopic (exact) mass is 273 g/mol. The minimum atomic E-state index is -0.530. The fraction of sp³-hybridized carbons (Fsp3) is 0.444. The number of carbonyl (C=O) groups excluding carboxylic acids is 1. The molecule has 0 atom stereocenters. The summed E-state index contributed by atoms with van der Waals surface area (Å²) >= 11 is 3.18. The second-order valence-corrected chi connectivity index (χ2v) is 4.61. The highest BCUT2D eigenvalue weighted by atomic mass is 79.9. The van der Waals surface area contributed by atoms with Gasteiger partial charge < -0.3 is 4.74 Å². The van der Waals surface area contributed by atoms with Gasteiger partial charge in [0, 0.05) is 0 Å². The fourth-order valence-electron chi connectivity index (χ4n) is 0.812. The lowest BCUT2D eigenvalue weighted by Gasteiger charge is -2.19. The van der Waals surface area contributed by atoms with E-state index in [1.165, 1.54) is 12.5 Å². The van der Waals surface area contributed by atoms with Gasteiger partial charge in [-0.25, -0.2) is 14.8 Å². The zero-order valence-corrected chi connectivity index (χ0v) is 10.3. The second-order valence-electron chi connectivity index (χ2n) is 3.85. The van der Waals surface area contributed by atoms with Crippen molar-refractivity contribution in [2.45, 2.75) is 26.4 Å². The van der Waals surface area contributed by atoms with E-state index in [0.29, 0.717) is 10.3 Å². The maximum absolute atomic E-state index is 11.4. The molecule has 6 heteroatoms. The summed E-state index contributed by atoms with van der Waals surface area (Å²) in [6, 6.07) is 0. The number of anilines is 1. The highest BCUT2D eigenvalue weighted by Crippen LogP contribution is 2.18. The summed E-state index contributed by atoms with van der Waals surface area (Å²) in [7, 11) is 0. The Morgan fingerprint density at radius 3 is 2.73 bits per heavy atom. The summed E-state index contributed by atoms with van der Waals surface area (Å²) in [5.74, 6) is 0. The number of nitrogens with zero attached hydrogens (tertiary/aromatic N) is 2. The molecule has 0 saturated heterocycles. The minimum absolute atomic E-state index is 0.478. The number of carbonyl (C=O) groups is 1. The van der Waals surface area contributed by atoms with Crippen molar-refractivity contribution in [3.8, 4) is 0 Å². The van der Waals surface area contributed by atoms with Crippen molar-refractivity contribution in [1.29, 1.82) is 0 Å². The van der Waals surface area contributed by atoms with Gasteiger partial charge in [0.2, 0.25) is 0 Å². The van der Waals surface area contributed by atoms with Gasteiger partial charge in [-0.3, -0.25) is 5.32 Å². The third-order valence-electron chi connectivity index (χ3n) is 1.30. The molecule has 0 spiro atoms. The molecule has 82 valence electrons. The zero-order valence-electron chi connectivity index (χ0n) is 8.74. The topological polar surface area (TPSA) is 64.1 Å². The Bertz CT molecular complexity index is 363. The lowest BCUT2D eigenvalue weighted by molar-refractivity contribution is 0.0635. The number of nitrogens with one attached hydrogen (secondary N) is 1. The Morgan fingerprint density at radius 1 is 1.53 bits per heavy atom. The number of ether oxygens (including phenoxy) is 1. The van der Waals surface area contributed by atoms with Crippen LogP contribution in [0.4, 0.5) is 10.5 Å². The Morgan fingerprint density at radius 2 is 2.20 bits per heavy atom. The maximum atomic E-state index is 11.4. The van der Waals surface area contributed by atoms with E-state index < -0.39 is 11.7 Å². The summed E-state index contributed by atoms with van der Waals surface area (Å²) in [5, 5.41) is 2.53. The van der Waals surface area contributed by atoms with Crippen LogP contribution in [0.5, 0.6) is 0 Å². The average molecular weight is 274 g/mol. The summed E-state index contributed by atoms with van der Waals surface area (Å²) in [6.45, 7) is 5.38. The van der Waals surface area contributed by atoms with Gasteiger partial charge in [0.15, 0.2) is 0 Å². The van der Waals surface area contributed by atoms with E-state index in [0.717, 1.165) is 0 Å². The van der Waals surface area contributed by atoms with Gasteiger partial charge in [-0.1, -0.05) is 0 Å². The van der Waals surface area contributed by atoms with Crippen molar-refractivity contribution in [2.75, 3.05) is 5.32 Å². The van der Waals surface area contributed by atoms with Crippen LogP contribution in [0.2, 0.25) is 0 Å². The van der Waals surface area contributed by atoms with Gasteiger partial charge in [0.05, 0.1) is 11.9 Å². The molecule has 0 unspecified atom stereocenters. The molecule has 1 aromatic heterocycles. The molecular formula is C9H12BrN3O2. The number of rotatable bonds is 1. The first kappa shape index (κ1) is 11.9. The highest BCUT2D eigenvalue weighted by molar-refractivity contribution is 9.10. The maximum Gasteiger partial charge on any atom is 0.412 e. The second kappa shape index (κ2) is 4.57. The highest BCUT2D eigenvalue weighted by Gasteiger charge is 2.17. The molecule has 5 nitrogen and oxygen atoms in total. The Kier molecular flexibility index (Phi) is 3.62. The van der Waals surface area contributed by atoms with Crippen molar-refractivity contribution >= 4 is 27.7 Å². The van der Waals surface area contributed by atoms with Crippen LogP contribution in [-0.2, 0) is 4.74 Å². The van der Waals surface area contributed by atoms with Crippen molar-refractivity contribution in [1.82, 2.24) is 9.97 Å². The first-order valence-electron chi connectivity index (χ1n) is 4.34. The van der Waals surface area contributed by atoms with Crippen LogP contribution in [0.15, 0.2) is 17.1 Å². The van der Waals surface area contributed by atoms with Gasteiger partial charge >= 0.3 is 6.09 Å². The summed E-state index contributed by atoms with van der Waals surface area (Å²) < 4.78 is 5.59. The van der Waals surface area contributed by atoms with Gasteiger partial charge in [0.1, 0.15) is 16.5 Å². The molecule has 1 aromatic rings. The summed E-state index contributed by atoms with van der Waals surface area (Å²) in [5.41, 5.74) is -0.0432. The van der Waals surface area contributed by atoms with Gasteiger partial charge in [0.25, 0.3) is 0 Å². The third-order valence-corrected chi connectivity index (χ3v) is 1.93. The molecule has 0 aliphatic rings. The first-order chi connectivity index (χ1) is 6.88. The SMILES string of the molecule is CC(C)(C)OC(=O)Nc1cncnc1Br. The molecule has 1 amide bonds. The number of aromatic nitrogens is 2. The molecule has 1 N–H and O–H groups in total. The molecule has 0 fully saturated rings. The van der Waals surface area contributed by atoms with Crippen molar-refractivity contribution in [3.63, 3.8) is 0 Å². The number of amides is 1. The molecule has 1 rings (SSSR count). The van der Waals surface area contributed by atoms with Crippen molar-refractivity contribution in [3.05, 3.63) is 17.1 Å². The minimum Gasteiger partial charge on any atom is -0.444 e. The van der Waals surface area contributed by atoms with Crippen LogP contribution < -0.4 is 5.32 Å². The Labute approximate surface area is 96.4 Å². The first-order valence-corrected chi connectivity index (χ1v) is 5.13. The van der Waals surface area contributed by atoms with Crippen LogP contribution in [0.3, 0.4) is 0 Å². The Hall–Kier alpha value is -1.17. The van der Waals surface area contributed by atoms with Gasteiger partial charge in [-0.15, -0.1) is 0 Å².